The van der Waals surface area contributed by atoms with Gasteiger partial charge in [-0.2, -0.15) is 15.0 Å². The molecule has 0 aliphatic heterocycles. The summed E-state index contributed by atoms with van der Waals surface area (Å²) in [7, 11) is 3.68. The van der Waals surface area contributed by atoms with E-state index in [1.807, 2.05) is 25.5 Å². The number of aliphatic imine (C=N–C) groups is 1. The zero-order valence-corrected chi connectivity index (χ0v) is 15.4. The molecule has 2 rings (SSSR count). The monoisotopic (exact) mass is 350 g/mol. The molecule has 0 radical (unpaired) electrons. The Hall–Kier alpha value is -2.09. The van der Waals surface area contributed by atoms with E-state index in [9.17, 15) is 4.39 Å². The predicted molar refractivity (Wildman–Crippen MR) is 96.8 cm³/mol. The lowest BCUT2D eigenvalue weighted by atomic mass is 10.1. The van der Waals surface area contributed by atoms with E-state index in [-0.39, 0.29) is 17.8 Å². The Morgan fingerprint density at radius 2 is 2.12 bits per heavy atom. The first-order valence-electron chi connectivity index (χ1n) is 7.75. The average Bonchev–Trinajstić information content (AvgIpc) is 3.03. The molecule has 0 aromatic carbocycles. The Labute approximate surface area is 145 Å². The van der Waals surface area contributed by atoms with Gasteiger partial charge in [0.05, 0.1) is 12.4 Å². The summed E-state index contributed by atoms with van der Waals surface area (Å²) in [4.78, 5) is 19.8. The van der Waals surface area contributed by atoms with Gasteiger partial charge >= 0.3 is 0 Å². The van der Waals surface area contributed by atoms with Crippen LogP contribution in [-0.2, 0) is 5.67 Å². The van der Waals surface area contributed by atoms with Crippen LogP contribution in [0.15, 0.2) is 22.5 Å². The van der Waals surface area contributed by atoms with E-state index < -0.39 is 5.67 Å². The summed E-state index contributed by atoms with van der Waals surface area (Å²) in [5, 5.41) is 5.29. The highest BCUT2D eigenvalue weighted by atomic mass is 32.1. The van der Waals surface area contributed by atoms with Gasteiger partial charge in [0.2, 0.25) is 5.95 Å². The highest BCUT2D eigenvalue weighted by Gasteiger charge is 2.25. The lowest BCUT2D eigenvalue weighted by Gasteiger charge is -2.18. The van der Waals surface area contributed by atoms with Gasteiger partial charge in [0.1, 0.15) is 0 Å². The van der Waals surface area contributed by atoms with Crippen molar-refractivity contribution in [3.8, 4) is 0 Å². The van der Waals surface area contributed by atoms with Crippen molar-refractivity contribution in [2.24, 2.45) is 4.99 Å². The molecule has 0 aliphatic carbocycles. The van der Waals surface area contributed by atoms with E-state index in [0.29, 0.717) is 5.95 Å². The molecule has 0 aliphatic rings. The van der Waals surface area contributed by atoms with Gasteiger partial charge in [-0.25, -0.2) is 9.38 Å². The average molecular weight is 350 g/mol. The van der Waals surface area contributed by atoms with E-state index in [1.54, 1.807) is 22.6 Å². The summed E-state index contributed by atoms with van der Waals surface area (Å²) in [6.45, 7) is 4.91. The van der Waals surface area contributed by atoms with Gasteiger partial charge in [-0.3, -0.25) is 0 Å². The minimum atomic E-state index is -1.67. The summed E-state index contributed by atoms with van der Waals surface area (Å²) in [6.07, 6.45) is 2.43. The Balaban J connectivity index is 2.35. The minimum absolute atomic E-state index is 0.0620. The third-order valence-electron chi connectivity index (χ3n) is 3.16. The van der Waals surface area contributed by atoms with Gasteiger partial charge in [-0.05, 0) is 31.7 Å². The van der Waals surface area contributed by atoms with Crippen LogP contribution in [0.2, 0.25) is 0 Å². The molecule has 2 aromatic heterocycles. The highest BCUT2D eigenvalue weighted by molar-refractivity contribution is 7.10. The van der Waals surface area contributed by atoms with Crippen molar-refractivity contribution in [3.63, 3.8) is 0 Å². The van der Waals surface area contributed by atoms with Crippen molar-refractivity contribution in [2.45, 2.75) is 38.9 Å². The fourth-order valence-corrected chi connectivity index (χ4v) is 2.80. The molecule has 24 heavy (non-hydrogen) atoms. The van der Waals surface area contributed by atoms with E-state index in [4.69, 9.17) is 0 Å². The molecule has 8 heteroatoms. The van der Waals surface area contributed by atoms with Crippen LogP contribution < -0.4 is 5.32 Å². The SMILES string of the molecule is CCC(Nc1nc(N=CN(C)C)nc(C(C)(C)F)n1)c1cccs1. The lowest BCUT2D eigenvalue weighted by molar-refractivity contribution is 0.206. The Kier molecular flexibility index (Phi) is 5.82. The summed E-state index contributed by atoms with van der Waals surface area (Å²) in [6, 6.07) is 4.12. The number of alkyl halides is 1. The summed E-state index contributed by atoms with van der Waals surface area (Å²) in [5.41, 5.74) is -1.67. The zero-order chi connectivity index (χ0) is 17.7. The van der Waals surface area contributed by atoms with Crippen molar-refractivity contribution in [3.05, 3.63) is 28.2 Å². The first-order valence-corrected chi connectivity index (χ1v) is 8.63. The van der Waals surface area contributed by atoms with Gasteiger partial charge in [0.15, 0.2) is 11.5 Å². The van der Waals surface area contributed by atoms with Crippen molar-refractivity contribution in [2.75, 3.05) is 19.4 Å². The van der Waals surface area contributed by atoms with Crippen LogP contribution >= 0.6 is 11.3 Å². The Bertz CT molecular complexity index is 678. The molecule has 1 atom stereocenters. The number of hydrogen-bond acceptors (Lipinski definition) is 6. The predicted octanol–water partition coefficient (Wildman–Crippen LogP) is 3.92. The fourth-order valence-electron chi connectivity index (χ4n) is 1.94. The molecule has 0 spiro atoms. The summed E-state index contributed by atoms with van der Waals surface area (Å²) >= 11 is 1.66. The molecular formula is C16H23FN6S. The summed E-state index contributed by atoms with van der Waals surface area (Å²) < 4.78 is 14.3. The molecular weight excluding hydrogens is 327 g/mol. The summed E-state index contributed by atoms with van der Waals surface area (Å²) in [5.74, 6) is 0.576. The molecule has 2 heterocycles. The number of aromatic nitrogens is 3. The van der Waals surface area contributed by atoms with E-state index in [2.05, 4.69) is 38.3 Å². The van der Waals surface area contributed by atoms with E-state index in [1.165, 1.54) is 18.7 Å². The molecule has 6 nitrogen and oxygen atoms in total. The van der Waals surface area contributed by atoms with Gasteiger partial charge in [-0.1, -0.05) is 13.0 Å². The maximum absolute atomic E-state index is 14.3. The van der Waals surface area contributed by atoms with Crippen LogP contribution in [-0.4, -0.2) is 40.3 Å². The maximum Gasteiger partial charge on any atom is 0.255 e. The van der Waals surface area contributed by atoms with Gasteiger partial charge < -0.3 is 10.2 Å². The zero-order valence-electron chi connectivity index (χ0n) is 14.6. The first-order chi connectivity index (χ1) is 11.3. The number of nitrogens with zero attached hydrogens (tertiary/aromatic N) is 5. The number of halogens is 1. The van der Waals surface area contributed by atoms with Crippen molar-refractivity contribution < 1.29 is 4.39 Å². The van der Waals surface area contributed by atoms with Gasteiger partial charge in [0, 0.05) is 19.0 Å². The molecule has 0 bridgehead atoms. The lowest BCUT2D eigenvalue weighted by Crippen LogP contribution is -2.18. The van der Waals surface area contributed by atoms with Crippen LogP contribution in [0.1, 0.15) is 43.9 Å². The molecule has 1 N–H and O–H groups in total. The standard InChI is InChI=1S/C16H23FN6S/c1-6-11(12-8-7-9-24-12)19-15-21-13(16(2,3)17)20-14(22-15)18-10-23(4)5/h7-11H,6H2,1-5H3,(H,19,20,21,22). The normalized spacial score (nSPS) is 13.2. The van der Waals surface area contributed by atoms with E-state index in [0.717, 1.165) is 6.42 Å². The minimum Gasteiger partial charge on any atom is -0.369 e. The number of rotatable bonds is 7. The van der Waals surface area contributed by atoms with Crippen LogP contribution in [0.3, 0.4) is 0 Å². The van der Waals surface area contributed by atoms with Crippen molar-refractivity contribution >= 4 is 29.6 Å². The number of anilines is 1. The molecule has 0 fully saturated rings. The van der Waals surface area contributed by atoms with E-state index >= 15 is 0 Å². The smallest absolute Gasteiger partial charge is 0.255 e. The number of thiophene rings is 1. The highest BCUT2D eigenvalue weighted by Crippen LogP contribution is 2.27. The number of nitrogens with one attached hydrogen (secondary N) is 1. The Morgan fingerprint density at radius 3 is 2.67 bits per heavy atom. The molecule has 0 saturated heterocycles. The second-order valence-corrected chi connectivity index (χ2v) is 7.06. The van der Waals surface area contributed by atoms with Crippen LogP contribution in [0.25, 0.3) is 0 Å². The second kappa shape index (κ2) is 7.65. The van der Waals surface area contributed by atoms with Crippen LogP contribution in [0.4, 0.5) is 16.3 Å². The quantitative estimate of drug-likeness (QED) is 0.605. The Morgan fingerprint density at radius 1 is 1.38 bits per heavy atom. The van der Waals surface area contributed by atoms with Gasteiger partial charge in [0.25, 0.3) is 5.95 Å². The number of hydrogen-bond donors (Lipinski definition) is 1. The third kappa shape index (κ3) is 4.95. The molecule has 1 unspecified atom stereocenters. The van der Waals surface area contributed by atoms with Crippen LogP contribution in [0.5, 0.6) is 0 Å². The van der Waals surface area contributed by atoms with Crippen molar-refractivity contribution in [1.29, 1.82) is 0 Å². The second-order valence-electron chi connectivity index (χ2n) is 6.08. The van der Waals surface area contributed by atoms with Crippen LogP contribution in [0, 0.1) is 0 Å². The first kappa shape index (κ1) is 18.3. The van der Waals surface area contributed by atoms with Gasteiger partial charge in [-0.15, -0.1) is 11.3 Å². The molecule has 0 amide bonds. The third-order valence-corrected chi connectivity index (χ3v) is 4.14. The molecule has 2 aromatic rings. The maximum atomic E-state index is 14.3. The van der Waals surface area contributed by atoms with Crippen molar-refractivity contribution in [1.82, 2.24) is 19.9 Å². The largest absolute Gasteiger partial charge is 0.369 e. The fraction of sp³-hybridized carbons (Fsp3) is 0.500. The topological polar surface area (TPSA) is 66.3 Å². The molecule has 0 saturated carbocycles. The molecule has 130 valence electrons.